The first kappa shape index (κ1) is 31.5. The smallest absolute Gasteiger partial charge is 0.361 e. The van der Waals surface area contributed by atoms with Gasteiger partial charge in [-0.25, -0.2) is 24.0 Å². The average Bonchev–Trinajstić information content (AvgIpc) is 3.69. The Labute approximate surface area is 261 Å². The molecule has 14 heteroatoms. The zero-order valence-corrected chi connectivity index (χ0v) is 24.5. The van der Waals surface area contributed by atoms with Crippen LogP contribution in [0.25, 0.3) is 0 Å². The van der Waals surface area contributed by atoms with Crippen molar-refractivity contribution in [1.29, 1.82) is 0 Å². The Hall–Kier alpha value is -5.89. The topological polar surface area (TPSA) is 171 Å². The van der Waals surface area contributed by atoms with E-state index in [2.05, 4.69) is 10.2 Å². The lowest BCUT2D eigenvalue weighted by Gasteiger charge is -2.24. The van der Waals surface area contributed by atoms with Gasteiger partial charge in [0.25, 0.3) is 0 Å². The molecule has 5 rings (SSSR count). The maximum atomic E-state index is 13.3. The van der Waals surface area contributed by atoms with E-state index in [1.807, 2.05) is 0 Å². The molecule has 0 bridgehead atoms. The van der Waals surface area contributed by atoms with Crippen molar-refractivity contribution in [3.05, 3.63) is 119 Å². The van der Waals surface area contributed by atoms with Crippen molar-refractivity contribution in [2.75, 3.05) is 20.8 Å². The molecule has 46 heavy (non-hydrogen) atoms. The Kier molecular flexibility index (Phi) is 9.78. The van der Waals surface area contributed by atoms with Crippen LogP contribution in [-0.4, -0.2) is 84.0 Å². The van der Waals surface area contributed by atoms with E-state index in [0.29, 0.717) is 0 Å². The van der Waals surface area contributed by atoms with Crippen molar-refractivity contribution in [1.82, 2.24) is 15.0 Å². The summed E-state index contributed by atoms with van der Waals surface area (Å²) in [7, 11) is 2.16. The third kappa shape index (κ3) is 6.92. The molecule has 0 unspecified atom stereocenters. The normalized spacial score (nSPS) is 18.7. The fourth-order valence-corrected chi connectivity index (χ4v) is 4.55. The number of esters is 5. The van der Waals surface area contributed by atoms with Gasteiger partial charge in [-0.05, 0) is 36.4 Å². The molecule has 0 amide bonds. The molecule has 4 aromatic rings. The highest BCUT2D eigenvalue weighted by Crippen LogP contribution is 2.35. The number of hydrogen-bond acceptors (Lipinski definition) is 13. The molecular weight excluding hydrogens is 602 g/mol. The van der Waals surface area contributed by atoms with Gasteiger partial charge in [-0.15, -0.1) is 15.0 Å². The molecule has 1 saturated heterocycles. The molecule has 0 radical (unpaired) electrons. The van der Waals surface area contributed by atoms with Crippen LogP contribution in [0.2, 0.25) is 0 Å². The molecule has 3 aromatic carbocycles. The zero-order valence-electron chi connectivity index (χ0n) is 24.5. The van der Waals surface area contributed by atoms with E-state index in [0.717, 1.165) is 19.0 Å². The molecule has 2 heterocycles. The molecular formula is C32H27N3O11. The number of ether oxygens (including phenoxy) is 6. The summed E-state index contributed by atoms with van der Waals surface area (Å²) in [4.78, 5) is 65.2. The second kappa shape index (κ2) is 14.3. The number of carbonyl (C=O) groups excluding carboxylic acids is 5. The standard InChI is InChI=1S/C32H27N3O11/c1-41-31(39)23-24(32(40)42-2)34-35(33-23)27-26(46-30(38)21-16-10-5-11-17-21)25(45-29(37)20-14-8-4-9-15-20)22(44-27)18-43-28(36)19-12-6-3-7-13-19/h3-17,22,25-27H,18H2,1-2H3/t22-,25-,26-,27-/m1/s1. The first-order chi connectivity index (χ1) is 22.3. The Morgan fingerprint density at radius 3 is 1.46 bits per heavy atom. The van der Waals surface area contributed by atoms with Crippen LogP contribution in [0.5, 0.6) is 0 Å². The lowest BCUT2D eigenvalue weighted by molar-refractivity contribution is -0.0734. The SMILES string of the molecule is COC(=O)c1nn([C@@H]2O[C@H](COC(=O)c3ccccc3)[C@@H](OC(=O)c3ccccc3)[C@H]2OC(=O)c2ccccc2)nc1C(=O)OC. The highest BCUT2D eigenvalue weighted by molar-refractivity contribution is 6.00. The van der Waals surface area contributed by atoms with Crippen molar-refractivity contribution < 1.29 is 52.4 Å². The highest BCUT2D eigenvalue weighted by Gasteiger charge is 2.53. The molecule has 1 aliphatic rings. The van der Waals surface area contributed by atoms with Crippen LogP contribution < -0.4 is 0 Å². The largest absolute Gasteiger partial charge is 0.464 e. The van der Waals surface area contributed by atoms with Crippen molar-refractivity contribution in [2.45, 2.75) is 24.5 Å². The van der Waals surface area contributed by atoms with Crippen molar-refractivity contribution >= 4 is 29.8 Å². The van der Waals surface area contributed by atoms with Crippen molar-refractivity contribution in [3.8, 4) is 0 Å². The van der Waals surface area contributed by atoms with E-state index in [1.54, 1.807) is 66.7 Å². The van der Waals surface area contributed by atoms with E-state index in [9.17, 15) is 24.0 Å². The zero-order chi connectivity index (χ0) is 32.6. The molecule has 236 valence electrons. The summed E-state index contributed by atoms with van der Waals surface area (Å²) < 4.78 is 32.8. The minimum Gasteiger partial charge on any atom is -0.464 e. The number of rotatable bonds is 10. The van der Waals surface area contributed by atoms with E-state index in [1.165, 1.54) is 24.3 Å². The maximum absolute atomic E-state index is 13.3. The molecule has 0 aliphatic carbocycles. The molecule has 1 aromatic heterocycles. The minimum absolute atomic E-state index is 0.160. The second-order valence-electron chi connectivity index (χ2n) is 9.70. The number of carbonyl (C=O) groups is 5. The van der Waals surface area contributed by atoms with Gasteiger partial charge in [-0.1, -0.05) is 54.6 Å². The number of hydrogen-bond donors (Lipinski definition) is 0. The van der Waals surface area contributed by atoms with Crippen LogP contribution in [0.15, 0.2) is 91.0 Å². The summed E-state index contributed by atoms with van der Waals surface area (Å²) in [6.45, 7) is -0.467. The lowest BCUT2D eigenvalue weighted by atomic mass is 10.1. The predicted molar refractivity (Wildman–Crippen MR) is 155 cm³/mol. The van der Waals surface area contributed by atoms with E-state index >= 15 is 0 Å². The Balaban J connectivity index is 1.54. The quantitative estimate of drug-likeness (QED) is 0.185. The number of aromatic nitrogens is 3. The maximum Gasteiger partial charge on any atom is 0.361 e. The Morgan fingerprint density at radius 1 is 0.609 bits per heavy atom. The van der Waals surface area contributed by atoms with Gasteiger partial charge in [-0.3, -0.25) is 0 Å². The first-order valence-electron chi connectivity index (χ1n) is 13.8. The summed E-state index contributed by atoms with van der Waals surface area (Å²) in [5.41, 5.74) is -0.434. The summed E-state index contributed by atoms with van der Waals surface area (Å²) in [6.07, 6.45) is -5.62. The van der Waals surface area contributed by atoms with Crippen LogP contribution in [0.1, 0.15) is 58.3 Å². The summed E-state index contributed by atoms with van der Waals surface area (Å²) in [5.74, 6) is -4.34. The van der Waals surface area contributed by atoms with Gasteiger partial charge < -0.3 is 28.4 Å². The summed E-state index contributed by atoms with van der Waals surface area (Å²) >= 11 is 0. The fraction of sp³-hybridized carbons (Fsp3) is 0.219. The first-order valence-corrected chi connectivity index (χ1v) is 13.8. The highest BCUT2D eigenvalue weighted by atomic mass is 16.7. The minimum atomic E-state index is -1.50. The lowest BCUT2D eigenvalue weighted by Crippen LogP contribution is -2.41. The number of methoxy groups -OCH3 is 2. The number of benzene rings is 3. The van der Waals surface area contributed by atoms with Gasteiger partial charge in [0.1, 0.15) is 12.7 Å². The van der Waals surface area contributed by atoms with Crippen molar-refractivity contribution in [3.63, 3.8) is 0 Å². The van der Waals surface area contributed by atoms with Crippen LogP contribution >= 0.6 is 0 Å². The molecule has 1 aliphatic heterocycles. The predicted octanol–water partition coefficient (Wildman–Crippen LogP) is 3.06. The molecule has 0 spiro atoms. The third-order valence-electron chi connectivity index (χ3n) is 6.79. The summed E-state index contributed by atoms with van der Waals surface area (Å²) in [5, 5.41) is 8.15. The van der Waals surface area contributed by atoms with Gasteiger partial charge in [-0.2, -0.15) is 0 Å². The van der Waals surface area contributed by atoms with E-state index < -0.39 is 72.4 Å². The van der Waals surface area contributed by atoms with E-state index in [-0.39, 0.29) is 16.7 Å². The van der Waals surface area contributed by atoms with Gasteiger partial charge >= 0.3 is 29.8 Å². The van der Waals surface area contributed by atoms with Gasteiger partial charge in [0.2, 0.25) is 17.6 Å². The van der Waals surface area contributed by atoms with Crippen LogP contribution in [0.4, 0.5) is 0 Å². The van der Waals surface area contributed by atoms with Crippen LogP contribution in [0, 0.1) is 0 Å². The van der Waals surface area contributed by atoms with Crippen LogP contribution in [-0.2, 0) is 28.4 Å². The van der Waals surface area contributed by atoms with Crippen LogP contribution in [0.3, 0.4) is 0 Å². The molecule has 0 N–H and O–H groups in total. The van der Waals surface area contributed by atoms with Gasteiger partial charge in [0.15, 0.2) is 12.2 Å². The summed E-state index contributed by atoms with van der Waals surface area (Å²) in [6, 6.07) is 24.1. The molecule has 14 nitrogen and oxygen atoms in total. The van der Waals surface area contributed by atoms with E-state index in [4.69, 9.17) is 28.4 Å². The monoisotopic (exact) mass is 629 g/mol. The Bertz CT molecular complexity index is 1680. The fourth-order valence-electron chi connectivity index (χ4n) is 4.55. The second-order valence-corrected chi connectivity index (χ2v) is 9.70. The average molecular weight is 630 g/mol. The van der Waals surface area contributed by atoms with Gasteiger partial charge in [0, 0.05) is 0 Å². The van der Waals surface area contributed by atoms with Crippen molar-refractivity contribution in [2.24, 2.45) is 0 Å². The Morgan fingerprint density at radius 2 is 1.02 bits per heavy atom. The van der Waals surface area contributed by atoms with Gasteiger partial charge in [0.05, 0.1) is 30.9 Å². The molecule has 1 fully saturated rings. The molecule has 0 saturated carbocycles. The number of nitrogens with zero attached hydrogens (tertiary/aromatic N) is 3. The molecule has 4 atom stereocenters. The third-order valence-corrected chi connectivity index (χ3v) is 6.79.